The quantitative estimate of drug-likeness (QED) is 0.690. The van der Waals surface area contributed by atoms with Crippen molar-refractivity contribution in [2.24, 2.45) is 0 Å². The van der Waals surface area contributed by atoms with Gasteiger partial charge in [-0.05, 0) is 0 Å². The summed E-state index contributed by atoms with van der Waals surface area (Å²) >= 11 is 37.6. The monoisotopic (exact) mass is 312 g/mol. The van der Waals surface area contributed by atoms with Crippen LogP contribution in [0.3, 0.4) is 0 Å². The average Bonchev–Trinajstić information content (AvgIpc) is 1.78. The van der Waals surface area contributed by atoms with Crippen LogP contribution in [0.1, 0.15) is 0 Å². The maximum absolute atomic E-state index is 5.47. The van der Waals surface area contributed by atoms with Crippen molar-refractivity contribution in [3.63, 3.8) is 0 Å². The maximum atomic E-state index is 5.47. The van der Waals surface area contributed by atoms with Crippen LogP contribution in [0.15, 0.2) is 0 Å². The van der Waals surface area contributed by atoms with E-state index in [1.54, 1.807) is 0 Å². The molecular formula is C4H3Cl7O. The summed E-state index contributed by atoms with van der Waals surface area (Å²) in [6, 6.07) is 0. The second-order valence-electron chi connectivity index (χ2n) is 1.78. The van der Waals surface area contributed by atoms with E-state index in [2.05, 4.69) is 0 Å². The van der Waals surface area contributed by atoms with Crippen molar-refractivity contribution in [2.75, 3.05) is 6.61 Å². The standard InChI is InChI=1S/C4H3Cl7O/c5-2(4(9,10)11)12-1-3(6,7)8/h2H,1H2/t2-/m1/s1. The summed E-state index contributed by atoms with van der Waals surface area (Å²) in [7, 11) is 0. The minimum atomic E-state index is -1.74. The van der Waals surface area contributed by atoms with Gasteiger partial charge in [0.25, 0.3) is 0 Å². The highest BCUT2D eigenvalue weighted by molar-refractivity contribution is 6.70. The first-order valence-corrected chi connectivity index (χ1v) is 5.22. The Hall–Kier alpha value is 1.99. The van der Waals surface area contributed by atoms with Gasteiger partial charge in [0.15, 0.2) is 5.56 Å². The number of hydrogen-bond donors (Lipinski definition) is 0. The van der Waals surface area contributed by atoms with Gasteiger partial charge in [-0.3, -0.25) is 0 Å². The van der Waals surface area contributed by atoms with Crippen LogP contribution in [0, 0.1) is 0 Å². The van der Waals surface area contributed by atoms with Crippen molar-refractivity contribution in [3.8, 4) is 0 Å². The van der Waals surface area contributed by atoms with Crippen LogP contribution < -0.4 is 0 Å². The number of halogens is 7. The molecule has 0 aromatic rings. The Bertz CT molecular complexity index is 135. The van der Waals surface area contributed by atoms with Crippen molar-refractivity contribution in [2.45, 2.75) is 13.1 Å². The molecular weight excluding hydrogens is 312 g/mol. The molecule has 74 valence electrons. The van der Waals surface area contributed by atoms with E-state index in [0.717, 1.165) is 0 Å². The summed E-state index contributed by atoms with van der Waals surface area (Å²) in [6.45, 7) is -0.250. The Labute approximate surface area is 105 Å². The smallest absolute Gasteiger partial charge is 0.230 e. The van der Waals surface area contributed by atoms with Gasteiger partial charge in [0.1, 0.15) is 0 Å². The third-order valence-electron chi connectivity index (χ3n) is 0.651. The lowest BCUT2D eigenvalue weighted by atomic mass is 10.7. The predicted octanol–water partition coefficient (Wildman–Crippen LogP) is 4.31. The fourth-order valence-electron chi connectivity index (χ4n) is 0.262. The molecule has 0 spiro atoms. The van der Waals surface area contributed by atoms with Gasteiger partial charge in [-0.2, -0.15) is 0 Å². The zero-order valence-corrected chi connectivity index (χ0v) is 10.6. The molecule has 0 aliphatic carbocycles. The molecule has 8 heteroatoms. The third kappa shape index (κ3) is 7.40. The summed E-state index contributed by atoms with van der Waals surface area (Å²) in [5.41, 5.74) is -1.15. The molecule has 0 amide bonds. The second kappa shape index (κ2) is 5.18. The molecule has 0 aromatic carbocycles. The van der Waals surface area contributed by atoms with Crippen LogP contribution >= 0.6 is 81.2 Å². The topological polar surface area (TPSA) is 9.23 Å². The summed E-state index contributed by atoms with van der Waals surface area (Å²) < 4.78 is 1.44. The molecule has 0 aliphatic heterocycles. The van der Waals surface area contributed by atoms with Gasteiger partial charge in [0, 0.05) is 0 Å². The molecule has 0 heterocycles. The molecule has 0 radical (unpaired) electrons. The summed E-state index contributed by atoms with van der Waals surface area (Å²) in [4.78, 5) is 0. The van der Waals surface area contributed by atoms with Gasteiger partial charge < -0.3 is 4.74 Å². The van der Waals surface area contributed by atoms with Crippen molar-refractivity contribution < 1.29 is 4.74 Å². The van der Waals surface area contributed by atoms with Crippen molar-refractivity contribution in [1.29, 1.82) is 0 Å². The fourth-order valence-corrected chi connectivity index (χ4v) is 0.703. The van der Waals surface area contributed by atoms with E-state index >= 15 is 0 Å². The first-order chi connectivity index (χ1) is 5.13. The van der Waals surface area contributed by atoms with Crippen molar-refractivity contribution in [3.05, 3.63) is 0 Å². The summed E-state index contributed by atoms with van der Waals surface area (Å²) in [6.07, 6.45) is 0. The number of alkyl halides is 7. The van der Waals surface area contributed by atoms with E-state index in [-0.39, 0.29) is 6.61 Å². The van der Waals surface area contributed by atoms with E-state index in [9.17, 15) is 0 Å². The van der Waals surface area contributed by atoms with E-state index < -0.39 is 13.1 Å². The Morgan fingerprint density at radius 2 is 1.42 bits per heavy atom. The predicted molar refractivity (Wildman–Crippen MR) is 56.2 cm³/mol. The Balaban J connectivity index is 3.80. The lowest BCUT2D eigenvalue weighted by molar-refractivity contribution is 0.114. The van der Waals surface area contributed by atoms with Crippen molar-refractivity contribution in [1.82, 2.24) is 0 Å². The molecule has 0 rings (SSSR count). The highest BCUT2D eigenvalue weighted by Gasteiger charge is 2.34. The first kappa shape index (κ1) is 14.0. The van der Waals surface area contributed by atoms with Gasteiger partial charge in [0.05, 0.1) is 6.61 Å². The van der Waals surface area contributed by atoms with E-state index in [1.165, 1.54) is 0 Å². The SMILES string of the molecule is Cl[C@H](OCC(Cl)(Cl)Cl)C(Cl)(Cl)Cl. The molecule has 0 aromatic heterocycles. The van der Waals surface area contributed by atoms with E-state index in [4.69, 9.17) is 85.9 Å². The van der Waals surface area contributed by atoms with Crippen molar-refractivity contribution >= 4 is 81.2 Å². The maximum Gasteiger partial charge on any atom is 0.230 e. The fraction of sp³-hybridized carbons (Fsp3) is 1.00. The number of rotatable bonds is 2. The Morgan fingerprint density at radius 1 is 1.00 bits per heavy atom. The molecule has 0 aliphatic rings. The van der Waals surface area contributed by atoms with Gasteiger partial charge in [0.2, 0.25) is 7.59 Å². The summed E-state index contributed by atoms with van der Waals surface area (Å²) in [5, 5.41) is 0. The molecule has 0 saturated heterocycles. The molecule has 1 atom stereocenters. The molecule has 0 unspecified atom stereocenters. The van der Waals surface area contributed by atoms with Crippen LogP contribution in [0.5, 0.6) is 0 Å². The zero-order chi connectivity index (χ0) is 9.99. The number of hydrogen-bond acceptors (Lipinski definition) is 1. The molecule has 0 saturated carbocycles. The first-order valence-electron chi connectivity index (χ1n) is 2.52. The third-order valence-corrected chi connectivity index (χ3v) is 2.36. The van der Waals surface area contributed by atoms with E-state index in [1.807, 2.05) is 0 Å². The highest BCUT2D eigenvalue weighted by Crippen LogP contribution is 2.36. The van der Waals surface area contributed by atoms with Gasteiger partial charge in [-0.25, -0.2) is 0 Å². The number of ether oxygens (including phenoxy) is 1. The van der Waals surface area contributed by atoms with E-state index in [0.29, 0.717) is 0 Å². The molecule has 0 bridgehead atoms. The zero-order valence-electron chi connectivity index (χ0n) is 5.34. The molecule has 1 nitrogen and oxygen atoms in total. The molecule has 0 N–H and O–H groups in total. The van der Waals surface area contributed by atoms with Crippen LogP contribution in [0.25, 0.3) is 0 Å². The lowest BCUT2D eigenvalue weighted by Gasteiger charge is -2.20. The van der Waals surface area contributed by atoms with Gasteiger partial charge >= 0.3 is 0 Å². The normalized spacial score (nSPS) is 16.2. The molecule has 0 fully saturated rings. The van der Waals surface area contributed by atoms with Crippen LogP contribution in [0.4, 0.5) is 0 Å². The van der Waals surface area contributed by atoms with Gasteiger partial charge in [-0.15, -0.1) is 0 Å². The lowest BCUT2D eigenvalue weighted by Crippen LogP contribution is -2.27. The average molecular weight is 315 g/mol. The van der Waals surface area contributed by atoms with Crippen LogP contribution in [-0.4, -0.2) is 19.8 Å². The Kier molecular flexibility index (Phi) is 6.04. The van der Waals surface area contributed by atoms with Crippen LogP contribution in [0.2, 0.25) is 0 Å². The van der Waals surface area contributed by atoms with Crippen LogP contribution in [-0.2, 0) is 4.74 Å². The van der Waals surface area contributed by atoms with Gasteiger partial charge in [-0.1, -0.05) is 81.2 Å². The minimum absolute atomic E-state index is 0.250. The largest absolute Gasteiger partial charge is 0.353 e. The summed E-state index contributed by atoms with van der Waals surface area (Å²) in [5.74, 6) is 0. The highest BCUT2D eigenvalue weighted by atomic mass is 35.6. The minimum Gasteiger partial charge on any atom is -0.353 e. The Morgan fingerprint density at radius 3 is 1.67 bits per heavy atom. The molecule has 12 heavy (non-hydrogen) atoms. The second-order valence-corrected chi connectivity index (χ2v) is 7.07.